The van der Waals surface area contributed by atoms with Crippen molar-refractivity contribution in [1.29, 1.82) is 0 Å². The molecule has 70 valence electrons. The van der Waals surface area contributed by atoms with Gasteiger partial charge in [-0.15, -0.1) is 0 Å². The van der Waals surface area contributed by atoms with Crippen LogP contribution in [0.2, 0.25) is 0 Å². The number of nitrogens with zero attached hydrogens (tertiary/aromatic N) is 2. The van der Waals surface area contributed by atoms with E-state index in [1.807, 2.05) is 0 Å². The molecule has 5 nitrogen and oxygen atoms in total. The molecule has 1 aromatic heterocycles. The summed E-state index contributed by atoms with van der Waals surface area (Å²) in [6.45, 7) is -0.140. The zero-order valence-electron chi connectivity index (χ0n) is 7.16. The highest BCUT2D eigenvalue weighted by Gasteiger charge is 2.20. The van der Waals surface area contributed by atoms with Crippen LogP contribution in [0.15, 0.2) is 0 Å². The molecule has 0 aromatic carbocycles. The summed E-state index contributed by atoms with van der Waals surface area (Å²) in [6.07, 6.45) is 2.93. The van der Waals surface area contributed by atoms with E-state index in [0.717, 1.165) is 30.5 Å². The second-order valence-electron chi connectivity index (χ2n) is 3.22. The predicted molar refractivity (Wildman–Crippen MR) is 46.3 cm³/mol. The van der Waals surface area contributed by atoms with E-state index < -0.39 is 5.97 Å². The van der Waals surface area contributed by atoms with E-state index in [1.165, 1.54) is 4.68 Å². The third-order valence-electron chi connectivity index (χ3n) is 2.30. The van der Waals surface area contributed by atoms with E-state index in [1.54, 1.807) is 0 Å². The van der Waals surface area contributed by atoms with Crippen LogP contribution in [0.5, 0.6) is 0 Å². The predicted octanol–water partition coefficient (Wildman–Crippen LogP) is 0.0386. The van der Waals surface area contributed by atoms with E-state index in [-0.39, 0.29) is 6.54 Å². The summed E-state index contributed by atoms with van der Waals surface area (Å²) in [4.78, 5) is 10.4. The van der Waals surface area contributed by atoms with Crippen molar-refractivity contribution in [3.05, 3.63) is 11.3 Å². The lowest BCUT2D eigenvalue weighted by Crippen LogP contribution is -2.13. The van der Waals surface area contributed by atoms with Gasteiger partial charge < -0.3 is 10.8 Å². The van der Waals surface area contributed by atoms with Gasteiger partial charge in [0.05, 0.1) is 5.69 Å². The van der Waals surface area contributed by atoms with Gasteiger partial charge in [0.15, 0.2) is 0 Å². The number of carbonyl (C=O) groups is 1. The molecule has 0 atom stereocenters. The fourth-order valence-corrected chi connectivity index (χ4v) is 1.72. The average Bonchev–Trinajstić information content (AvgIpc) is 2.56. The maximum atomic E-state index is 10.4. The summed E-state index contributed by atoms with van der Waals surface area (Å²) < 4.78 is 1.37. The first-order chi connectivity index (χ1) is 6.18. The first-order valence-corrected chi connectivity index (χ1v) is 4.24. The normalized spacial score (nSPS) is 14.5. The highest BCUT2D eigenvalue weighted by atomic mass is 16.4. The van der Waals surface area contributed by atoms with Crippen molar-refractivity contribution in [3.8, 4) is 0 Å². The summed E-state index contributed by atoms with van der Waals surface area (Å²) in [6, 6.07) is 0. The van der Waals surface area contributed by atoms with Crippen LogP contribution in [-0.4, -0.2) is 20.9 Å². The maximum absolute atomic E-state index is 10.4. The molecular weight excluding hydrogens is 170 g/mol. The summed E-state index contributed by atoms with van der Waals surface area (Å²) in [7, 11) is 0. The molecule has 5 heteroatoms. The number of hydrogen-bond donors (Lipinski definition) is 2. The van der Waals surface area contributed by atoms with Gasteiger partial charge in [0.1, 0.15) is 12.4 Å². The van der Waals surface area contributed by atoms with Crippen molar-refractivity contribution in [1.82, 2.24) is 9.78 Å². The molecular formula is C8H11N3O2. The highest BCUT2D eigenvalue weighted by molar-refractivity contribution is 5.67. The van der Waals surface area contributed by atoms with Crippen LogP contribution in [-0.2, 0) is 24.2 Å². The Labute approximate surface area is 75.2 Å². The topological polar surface area (TPSA) is 81.1 Å². The third kappa shape index (κ3) is 1.26. The van der Waals surface area contributed by atoms with Crippen LogP contribution in [0.4, 0.5) is 5.82 Å². The van der Waals surface area contributed by atoms with Gasteiger partial charge in [0.2, 0.25) is 0 Å². The first kappa shape index (κ1) is 8.10. The van der Waals surface area contributed by atoms with Crippen LogP contribution in [0, 0.1) is 0 Å². The monoisotopic (exact) mass is 181 g/mol. The lowest BCUT2D eigenvalue weighted by Gasteiger charge is -2.00. The Morgan fingerprint density at radius 3 is 3.00 bits per heavy atom. The minimum absolute atomic E-state index is 0.140. The molecule has 0 spiro atoms. The number of aryl methyl sites for hydroxylation is 1. The molecule has 0 bridgehead atoms. The van der Waals surface area contributed by atoms with Crippen molar-refractivity contribution in [2.24, 2.45) is 0 Å². The Bertz CT molecular complexity index is 357. The molecule has 13 heavy (non-hydrogen) atoms. The Kier molecular flexibility index (Phi) is 1.72. The van der Waals surface area contributed by atoms with Crippen LogP contribution in [0.3, 0.4) is 0 Å². The molecule has 1 aliphatic rings. The molecule has 0 amide bonds. The molecule has 0 saturated heterocycles. The van der Waals surface area contributed by atoms with Crippen LogP contribution in [0.1, 0.15) is 17.7 Å². The highest BCUT2D eigenvalue weighted by Crippen LogP contribution is 2.26. The molecule has 1 aromatic rings. The molecule has 0 aliphatic heterocycles. The number of anilines is 1. The maximum Gasteiger partial charge on any atom is 0.325 e. The number of aromatic nitrogens is 2. The Hall–Kier alpha value is -1.52. The molecule has 0 radical (unpaired) electrons. The number of aliphatic carboxylic acids is 1. The molecule has 2 rings (SSSR count). The SMILES string of the molecule is Nc1c2c(nn1CC(=O)O)CCC2. The van der Waals surface area contributed by atoms with Crippen LogP contribution >= 0.6 is 0 Å². The van der Waals surface area contributed by atoms with Gasteiger partial charge in [-0.05, 0) is 19.3 Å². The van der Waals surface area contributed by atoms with E-state index in [4.69, 9.17) is 10.8 Å². The minimum Gasteiger partial charge on any atom is -0.480 e. The van der Waals surface area contributed by atoms with Gasteiger partial charge >= 0.3 is 5.97 Å². The smallest absolute Gasteiger partial charge is 0.325 e. The van der Waals surface area contributed by atoms with Gasteiger partial charge in [0, 0.05) is 5.56 Å². The second kappa shape index (κ2) is 2.76. The van der Waals surface area contributed by atoms with Crippen molar-refractivity contribution >= 4 is 11.8 Å². The standard InChI is InChI=1S/C8H11N3O2/c9-8-5-2-1-3-6(5)10-11(8)4-7(12)13/h1-4,9H2,(H,12,13). The van der Waals surface area contributed by atoms with Gasteiger partial charge in [-0.2, -0.15) is 5.10 Å². The van der Waals surface area contributed by atoms with Gasteiger partial charge in [-0.25, -0.2) is 4.68 Å². The molecule has 0 fully saturated rings. The van der Waals surface area contributed by atoms with Gasteiger partial charge in [0.25, 0.3) is 0 Å². The number of nitrogen functional groups attached to an aromatic ring is 1. The summed E-state index contributed by atoms with van der Waals surface area (Å²) in [5.74, 6) is -0.386. The lowest BCUT2D eigenvalue weighted by atomic mass is 10.2. The van der Waals surface area contributed by atoms with E-state index in [9.17, 15) is 4.79 Å². The lowest BCUT2D eigenvalue weighted by molar-refractivity contribution is -0.137. The molecule has 0 unspecified atom stereocenters. The van der Waals surface area contributed by atoms with Crippen molar-refractivity contribution in [2.45, 2.75) is 25.8 Å². The quantitative estimate of drug-likeness (QED) is 0.674. The molecule has 3 N–H and O–H groups in total. The minimum atomic E-state index is -0.909. The fraction of sp³-hybridized carbons (Fsp3) is 0.500. The van der Waals surface area contributed by atoms with Crippen molar-refractivity contribution in [2.75, 3.05) is 5.73 Å². The zero-order chi connectivity index (χ0) is 9.42. The van der Waals surface area contributed by atoms with E-state index in [0.29, 0.717) is 5.82 Å². The largest absolute Gasteiger partial charge is 0.480 e. The zero-order valence-corrected chi connectivity index (χ0v) is 7.16. The Morgan fingerprint density at radius 2 is 2.38 bits per heavy atom. The molecule has 1 aliphatic carbocycles. The summed E-state index contributed by atoms with van der Waals surface area (Å²) >= 11 is 0. The molecule has 1 heterocycles. The summed E-state index contributed by atoms with van der Waals surface area (Å²) in [5.41, 5.74) is 7.75. The summed E-state index contributed by atoms with van der Waals surface area (Å²) in [5, 5.41) is 12.7. The Balaban J connectivity index is 2.33. The third-order valence-corrected chi connectivity index (χ3v) is 2.30. The number of nitrogens with two attached hydrogens (primary N) is 1. The second-order valence-corrected chi connectivity index (χ2v) is 3.22. The van der Waals surface area contributed by atoms with Crippen molar-refractivity contribution in [3.63, 3.8) is 0 Å². The van der Waals surface area contributed by atoms with Gasteiger partial charge in [-0.1, -0.05) is 0 Å². The number of carboxylic acids is 1. The fourth-order valence-electron chi connectivity index (χ4n) is 1.72. The average molecular weight is 181 g/mol. The number of fused-ring (bicyclic) bond motifs is 1. The van der Waals surface area contributed by atoms with Crippen LogP contribution < -0.4 is 5.73 Å². The first-order valence-electron chi connectivity index (χ1n) is 4.24. The Morgan fingerprint density at radius 1 is 1.62 bits per heavy atom. The van der Waals surface area contributed by atoms with E-state index in [2.05, 4.69) is 5.10 Å². The number of hydrogen-bond acceptors (Lipinski definition) is 3. The van der Waals surface area contributed by atoms with E-state index >= 15 is 0 Å². The number of carboxylic acid groups (broad SMARTS) is 1. The number of rotatable bonds is 2. The van der Waals surface area contributed by atoms with Crippen molar-refractivity contribution < 1.29 is 9.90 Å². The van der Waals surface area contributed by atoms with Crippen LogP contribution in [0.25, 0.3) is 0 Å². The molecule has 0 saturated carbocycles. The van der Waals surface area contributed by atoms with Gasteiger partial charge in [-0.3, -0.25) is 4.79 Å².